The standard InChI is InChI=1S/C9H23N3/c1-10-6-5-7-12(4)9-8-11(2)3/h10H,5-9H2,1-4H3. The van der Waals surface area contributed by atoms with Gasteiger partial charge in [-0.1, -0.05) is 0 Å². The Morgan fingerprint density at radius 1 is 1.00 bits per heavy atom. The van der Waals surface area contributed by atoms with Crippen molar-refractivity contribution in [2.24, 2.45) is 0 Å². The fraction of sp³-hybridized carbons (Fsp3) is 1.00. The van der Waals surface area contributed by atoms with Crippen molar-refractivity contribution in [1.82, 2.24) is 15.1 Å². The van der Waals surface area contributed by atoms with Gasteiger partial charge in [-0.2, -0.15) is 0 Å². The van der Waals surface area contributed by atoms with E-state index in [4.69, 9.17) is 0 Å². The van der Waals surface area contributed by atoms with Crippen LogP contribution in [0.5, 0.6) is 0 Å². The zero-order valence-electron chi connectivity index (χ0n) is 8.93. The molecule has 0 aromatic carbocycles. The average Bonchev–Trinajstić information content (AvgIpc) is 2.01. The SMILES string of the molecule is CNCCCN(C)CCN(C)C. The van der Waals surface area contributed by atoms with Gasteiger partial charge in [0.2, 0.25) is 0 Å². The lowest BCUT2D eigenvalue weighted by Crippen LogP contribution is -2.30. The molecule has 0 aromatic rings. The molecule has 3 nitrogen and oxygen atoms in total. The van der Waals surface area contributed by atoms with Crippen molar-refractivity contribution in [2.75, 3.05) is 54.4 Å². The molecule has 0 rings (SSSR count). The summed E-state index contributed by atoms with van der Waals surface area (Å²) in [5.74, 6) is 0. The normalized spacial score (nSPS) is 11.5. The largest absolute Gasteiger partial charge is 0.320 e. The lowest BCUT2D eigenvalue weighted by atomic mass is 10.4. The first-order valence-electron chi connectivity index (χ1n) is 4.64. The first kappa shape index (κ1) is 11.9. The molecular weight excluding hydrogens is 150 g/mol. The summed E-state index contributed by atoms with van der Waals surface area (Å²) in [6, 6.07) is 0. The molecule has 0 aliphatic rings. The van der Waals surface area contributed by atoms with Crippen LogP contribution in [0, 0.1) is 0 Å². The number of hydrogen-bond acceptors (Lipinski definition) is 3. The molecule has 0 atom stereocenters. The molecule has 0 aliphatic heterocycles. The number of nitrogens with one attached hydrogen (secondary N) is 1. The van der Waals surface area contributed by atoms with Crippen molar-refractivity contribution in [3.8, 4) is 0 Å². The highest BCUT2D eigenvalue weighted by Crippen LogP contribution is 1.86. The molecular formula is C9H23N3. The number of likely N-dealkylation sites (N-methyl/N-ethyl adjacent to an activating group) is 2. The highest BCUT2D eigenvalue weighted by molar-refractivity contribution is 4.54. The van der Waals surface area contributed by atoms with Crippen molar-refractivity contribution < 1.29 is 0 Å². The quantitative estimate of drug-likeness (QED) is 0.550. The van der Waals surface area contributed by atoms with E-state index in [1.807, 2.05) is 7.05 Å². The molecule has 0 aromatic heterocycles. The van der Waals surface area contributed by atoms with E-state index in [0.717, 1.165) is 19.6 Å². The summed E-state index contributed by atoms with van der Waals surface area (Å²) in [5, 5.41) is 3.15. The number of hydrogen-bond donors (Lipinski definition) is 1. The molecule has 0 amide bonds. The maximum atomic E-state index is 3.15. The second-order valence-electron chi connectivity index (χ2n) is 3.56. The average molecular weight is 173 g/mol. The molecule has 0 bridgehead atoms. The second-order valence-corrected chi connectivity index (χ2v) is 3.56. The highest BCUT2D eigenvalue weighted by Gasteiger charge is 1.97. The molecule has 0 fully saturated rings. The number of rotatable bonds is 7. The Morgan fingerprint density at radius 3 is 2.17 bits per heavy atom. The van der Waals surface area contributed by atoms with E-state index >= 15 is 0 Å². The Labute approximate surface area is 76.7 Å². The van der Waals surface area contributed by atoms with E-state index in [2.05, 4.69) is 36.3 Å². The van der Waals surface area contributed by atoms with Crippen LogP contribution in [0.3, 0.4) is 0 Å². The summed E-state index contributed by atoms with van der Waals surface area (Å²) in [5.41, 5.74) is 0. The van der Waals surface area contributed by atoms with Gasteiger partial charge in [0, 0.05) is 13.1 Å². The van der Waals surface area contributed by atoms with E-state index in [-0.39, 0.29) is 0 Å². The third-order valence-corrected chi connectivity index (χ3v) is 1.90. The molecule has 0 spiro atoms. The Morgan fingerprint density at radius 2 is 1.67 bits per heavy atom. The van der Waals surface area contributed by atoms with Gasteiger partial charge in [0.25, 0.3) is 0 Å². The molecule has 0 radical (unpaired) electrons. The van der Waals surface area contributed by atoms with Crippen LogP contribution in [0.4, 0.5) is 0 Å². The summed E-state index contributed by atoms with van der Waals surface area (Å²) < 4.78 is 0. The van der Waals surface area contributed by atoms with Gasteiger partial charge in [-0.3, -0.25) is 0 Å². The topological polar surface area (TPSA) is 18.5 Å². The Hall–Kier alpha value is -0.120. The Balaban J connectivity index is 3.15. The van der Waals surface area contributed by atoms with Gasteiger partial charge in [0.05, 0.1) is 0 Å². The van der Waals surface area contributed by atoms with Crippen LogP contribution < -0.4 is 5.32 Å². The minimum atomic E-state index is 1.12. The maximum Gasteiger partial charge on any atom is 0.0106 e. The Kier molecular flexibility index (Phi) is 7.45. The van der Waals surface area contributed by atoms with Gasteiger partial charge in [0.1, 0.15) is 0 Å². The smallest absolute Gasteiger partial charge is 0.0106 e. The fourth-order valence-electron chi connectivity index (χ4n) is 1.01. The molecule has 0 saturated carbocycles. The maximum absolute atomic E-state index is 3.15. The zero-order chi connectivity index (χ0) is 9.40. The van der Waals surface area contributed by atoms with Crippen LogP contribution in [-0.4, -0.2) is 64.2 Å². The predicted molar refractivity (Wildman–Crippen MR) is 54.6 cm³/mol. The molecule has 0 saturated heterocycles. The van der Waals surface area contributed by atoms with Crippen LogP contribution in [0.25, 0.3) is 0 Å². The summed E-state index contributed by atoms with van der Waals surface area (Å²) in [6.07, 6.45) is 1.24. The predicted octanol–water partition coefficient (Wildman–Crippen LogP) is 0.0893. The third-order valence-electron chi connectivity index (χ3n) is 1.90. The van der Waals surface area contributed by atoms with Crippen molar-refractivity contribution in [1.29, 1.82) is 0 Å². The van der Waals surface area contributed by atoms with Crippen molar-refractivity contribution >= 4 is 0 Å². The van der Waals surface area contributed by atoms with Crippen LogP contribution in [-0.2, 0) is 0 Å². The van der Waals surface area contributed by atoms with Gasteiger partial charge >= 0.3 is 0 Å². The van der Waals surface area contributed by atoms with Crippen LogP contribution >= 0.6 is 0 Å². The van der Waals surface area contributed by atoms with Crippen molar-refractivity contribution in [2.45, 2.75) is 6.42 Å². The Bertz CT molecular complexity index is 93.8. The van der Waals surface area contributed by atoms with Gasteiger partial charge < -0.3 is 15.1 Å². The minimum Gasteiger partial charge on any atom is -0.320 e. The minimum absolute atomic E-state index is 1.12. The van der Waals surface area contributed by atoms with Crippen LogP contribution in [0.2, 0.25) is 0 Å². The first-order valence-corrected chi connectivity index (χ1v) is 4.64. The molecule has 0 aliphatic carbocycles. The first-order chi connectivity index (χ1) is 5.66. The van der Waals surface area contributed by atoms with Crippen molar-refractivity contribution in [3.63, 3.8) is 0 Å². The summed E-state index contributed by atoms with van der Waals surface area (Å²) in [4.78, 5) is 4.59. The molecule has 3 heteroatoms. The monoisotopic (exact) mass is 173 g/mol. The van der Waals surface area contributed by atoms with E-state index in [9.17, 15) is 0 Å². The highest BCUT2D eigenvalue weighted by atomic mass is 15.1. The summed E-state index contributed by atoms with van der Waals surface area (Å²) in [6.45, 7) is 4.62. The van der Waals surface area contributed by atoms with Crippen molar-refractivity contribution in [3.05, 3.63) is 0 Å². The lowest BCUT2D eigenvalue weighted by Gasteiger charge is -2.18. The fourth-order valence-corrected chi connectivity index (χ4v) is 1.01. The third kappa shape index (κ3) is 7.98. The van der Waals surface area contributed by atoms with E-state index < -0.39 is 0 Å². The summed E-state index contributed by atoms with van der Waals surface area (Å²) >= 11 is 0. The van der Waals surface area contributed by atoms with Gasteiger partial charge in [-0.05, 0) is 47.7 Å². The van der Waals surface area contributed by atoms with E-state index in [0.29, 0.717) is 0 Å². The lowest BCUT2D eigenvalue weighted by molar-refractivity contribution is 0.279. The summed E-state index contributed by atoms with van der Waals surface area (Å²) in [7, 11) is 8.40. The second kappa shape index (κ2) is 7.53. The van der Waals surface area contributed by atoms with Gasteiger partial charge in [0.15, 0.2) is 0 Å². The van der Waals surface area contributed by atoms with E-state index in [1.165, 1.54) is 13.0 Å². The molecule has 0 unspecified atom stereocenters. The van der Waals surface area contributed by atoms with E-state index in [1.54, 1.807) is 0 Å². The number of nitrogens with zero attached hydrogens (tertiary/aromatic N) is 2. The molecule has 12 heavy (non-hydrogen) atoms. The molecule has 0 heterocycles. The van der Waals surface area contributed by atoms with Gasteiger partial charge in [-0.25, -0.2) is 0 Å². The van der Waals surface area contributed by atoms with Crippen LogP contribution in [0.15, 0.2) is 0 Å². The zero-order valence-corrected chi connectivity index (χ0v) is 8.93. The molecule has 74 valence electrons. The van der Waals surface area contributed by atoms with Gasteiger partial charge in [-0.15, -0.1) is 0 Å². The van der Waals surface area contributed by atoms with Crippen LogP contribution in [0.1, 0.15) is 6.42 Å². The molecule has 1 N–H and O–H groups in total.